The van der Waals surface area contributed by atoms with Crippen molar-refractivity contribution in [2.24, 2.45) is 5.92 Å². The molecule has 0 unspecified atom stereocenters. The van der Waals surface area contributed by atoms with Gasteiger partial charge in [-0.25, -0.2) is 24.1 Å². The Hall–Kier alpha value is -3.41. The minimum Gasteiger partial charge on any atom is -0.481 e. The van der Waals surface area contributed by atoms with E-state index >= 15 is 0 Å². The van der Waals surface area contributed by atoms with Gasteiger partial charge in [-0.15, -0.1) is 0 Å². The summed E-state index contributed by atoms with van der Waals surface area (Å²) in [4.78, 5) is 43.0. The zero-order valence-electron chi connectivity index (χ0n) is 19.4. The highest BCUT2D eigenvalue weighted by Crippen LogP contribution is 2.25. The van der Waals surface area contributed by atoms with Gasteiger partial charge < -0.3 is 20.1 Å². The molecule has 0 radical (unpaired) electrons. The van der Waals surface area contributed by atoms with E-state index in [1.165, 1.54) is 47.8 Å². The van der Waals surface area contributed by atoms with E-state index in [2.05, 4.69) is 25.3 Å². The van der Waals surface area contributed by atoms with Gasteiger partial charge in [0, 0.05) is 25.7 Å². The van der Waals surface area contributed by atoms with Crippen LogP contribution in [0.25, 0.3) is 10.3 Å². The van der Waals surface area contributed by atoms with Crippen LogP contribution in [0.1, 0.15) is 38.4 Å². The number of pyridine rings is 1. The van der Waals surface area contributed by atoms with Crippen LogP contribution in [0, 0.1) is 11.7 Å². The van der Waals surface area contributed by atoms with E-state index in [1.54, 1.807) is 20.8 Å². The minimum atomic E-state index is -0.996. The minimum absolute atomic E-state index is 0.0113. The van der Waals surface area contributed by atoms with Crippen molar-refractivity contribution in [2.75, 3.05) is 18.4 Å². The number of nitrogens with one attached hydrogen (secondary N) is 1. The Bertz CT molecular complexity index is 1170. The lowest BCUT2D eigenvalue weighted by molar-refractivity contribution is -0.141. The summed E-state index contributed by atoms with van der Waals surface area (Å²) in [6.07, 6.45) is 2.70. The van der Waals surface area contributed by atoms with Crippen LogP contribution in [0.5, 0.6) is 0 Å². The first kappa shape index (κ1) is 25.2. The number of rotatable bonds is 9. The second-order valence-corrected chi connectivity index (χ2v) is 9.75. The number of aromatic nitrogens is 4. The van der Waals surface area contributed by atoms with Gasteiger partial charge in [0.05, 0.1) is 23.2 Å². The van der Waals surface area contributed by atoms with Crippen LogP contribution in [0.4, 0.5) is 15.0 Å². The van der Waals surface area contributed by atoms with Gasteiger partial charge >= 0.3 is 12.1 Å². The summed E-state index contributed by atoms with van der Waals surface area (Å²) in [7, 11) is 0. The fourth-order valence-corrected chi connectivity index (χ4v) is 3.86. The molecule has 0 aliphatic rings. The van der Waals surface area contributed by atoms with Crippen LogP contribution in [0.2, 0.25) is 0 Å². The van der Waals surface area contributed by atoms with Gasteiger partial charge in [-0.2, -0.15) is 0 Å². The predicted molar refractivity (Wildman–Crippen MR) is 125 cm³/mol. The molecule has 0 fully saturated rings. The van der Waals surface area contributed by atoms with Crippen LogP contribution in [0.3, 0.4) is 0 Å². The smallest absolute Gasteiger partial charge is 0.410 e. The van der Waals surface area contributed by atoms with Crippen LogP contribution in [-0.4, -0.2) is 60.7 Å². The third-order valence-corrected chi connectivity index (χ3v) is 5.68. The first-order valence-corrected chi connectivity index (χ1v) is 11.5. The number of amides is 1. The van der Waals surface area contributed by atoms with E-state index in [9.17, 15) is 19.1 Å². The molecule has 0 aliphatic carbocycles. The topological polar surface area (TPSA) is 130 Å². The number of nitrogens with zero attached hydrogens (tertiary/aromatic N) is 5. The molecule has 0 aliphatic heterocycles. The van der Waals surface area contributed by atoms with E-state index in [0.717, 1.165) is 0 Å². The maximum Gasteiger partial charge on any atom is 0.410 e. The van der Waals surface area contributed by atoms with Gasteiger partial charge in [-0.3, -0.25) is 9.78 Å². The maximum atomic E-state index is 13.9. The number of fused-ring (bicyclic) bond motifs is 1. The molecular weight excluding hydrogens is 463 g/mol. The molecule has 1 atom stereocenters. The van der Waals surface area contributed by atoms with E-state index < -0.39 is 29.4 Å². The number of carbonyl (C=O) groups excluding carboxylic acids is 1. The zero-order chi connectivity index (χ0) is 24.9. The normalized spacial score (nSPS) is 12.4. The molecule has 0 saturated carbocycles. The molecule has 1 amide bonds. The summed E-state index contributed by atoms with van der Waals surface area (Å²) in [6.45, 7) is 7.16. The van der Waals surface area contributed by atoms with Crippen molar-refractivity contribution in [1.29, 1.82) is 0 Å². The lowest BCUT2D eigenvalue weighted by Gasteiger charge is -2.28. The van der Waals surface area contributed by atoms with Crippen LogP contribution in [0.15, 0.2) is 24.7 Å². The fourth-order valence-electron chi connectivity index (χ4n) is 2.97. The highest BCUT2D eigenvalue weighted by atomic mass is 32.1. The van der Waals surface area contributed by atoms with Gasteiger partial charge in [0.2, 0.25) is 0 Å². The van der Waals surface area contributed by atoms with Crippen LogP contribution < -0.4 is 5.32 Å². The molecule has 34 heavy (non-hydrogen) atoms. The van der Waals surface area contributed by atoms with Crippen molar-refractivity contribution in [1.82, 2.24) is 24.8 Å². The molecule has 3 aromatic rings. The average molecular weight is 491 g/mol. The summed E-state index contributed by atoms with van der Waals surface area (Å²) in [5.74, 6) is -1.72. The number of carbonyl (C=O) groups is 2. The molecule has 3 heterocycles. The first-order valence-electron chi connectivity index (χ1n) is 10.7. The number of ether oxygens (including phenoxy) is 1. The number of anilines is 1. The number of carboxylic acids is 1. The number of hydrogen-bond donors (Lipinski definition) is 2. The predicted octanol–water partition coefficient (Wildman–Crippen LogP) is 3.73. The second kappa shape index (κ2) is 10.7. The lowest BCUT2D eigenvalue weighted by atomic mass is 10.1. The highest BCUT2D eigenvalue weighted by molar-refractivity contribution is 7.18. The highest BCUT2D eigenvalue weighted by Gasteiger charge is 2.26. The Kier molecular flexibility index (Phi) is 7.92. The summed E-state index contributed by atoms with van der Waals surface area (Å²) < 4.78 is 19.3. The number of aliphatic carboxylic acids is 1. The summed E-state index contributed by atoms with van der Waals surface area (Å²) in [5.41, 5.74) is 0.0767. The summed E-state index contributed by atoms with van der Waals surface area (Å²) in [6, 6.07) is 2.86. The molecule has 0 aromatic carbocycles. The Morgan fingerprint density at radius 2 is 2.06 bits per heavy atom. The van der Waals surface area contributed by atoms with Gasteiger partial charge in [0.15, 0.2) is 5.82 Å². The maximum absolute atomic E-state index is 13.9. The van der Waals surface area contributed by atoms with Gasteiger partial charge in [-0.05, 0) is 32.9 Å². The Morgan fingerprint density at radius 1 is 1.29 bits per heavy atom. The van der Waals surface area contributed by atoms with E-state index in [4.69, 9.17) is 4.74 Å². The van der Waals surface area contributed by atoms with Gasteiger partial charge in [-0.1, -0.05) is 18.3 Å². The molecule has 182 valence electrons. The first-order chi connectivity index (χ1) is 16.0. The standard InChI is InChI=1S/C22H27FN6O4S/c1-13(20(30)31)11-29(21(32)33-22(2,3)4)9-7-16-28-17-18(26-12-27-19(17)34-16)25-10-15-14(23)6-5-8-24-15/h5-6,8,12-13H,7,9-11H2,1-4H3,(H,30,31)(H,25,26,27)/t13-/m0/s1. The van der Waals surface area contributed by atoms with Crippen molar-refractivity contribution in [3.63, 3.8) is 0 Å². The molecule has 3 rings (SSSR count). The zero-order valence-corrected chi connectivity index (χ0v) is 20.2. The third kappa shape index (κ3) is 6.80. The molecular formula is C22H27FN6O4S. The van der Waals surface area contributed by atoms with E-state index in [0.29, 0.717) is 27.6 Å². The van der Waals surface area contributed by atoms with E-state index in [-0.39, 0.29) is 25.3 Å². The monoisotopic (exact) mass is 490 g/mol. The lowest BCUT2D eigenvalue weighted by Crippen LogP contribution is -2.41. The van der Waals surface area contributed by atoms with Crippen molar-refractivity contribution in [3.8, 4) is 0 Å². The number of halogens is 1. The second-order valence-electron chi connectivity index (χ2n) is 8.68. The number of hydrogen-bond acceptors (Lipinski definition) is 9. The van der Waals surface area contributed by atoms with E-state index in [1.807, 2.05) is 0 Å². The van der Waals surface area contributed by atoms with Crippen molar-refractivity contribution >= 4 is 39.6 Å². The van der Waals surface area contributed by atoms with Gasteiger partial charge in [0.25, 0.3) is 0 Å². The third-order valence-electron chi connectivity index (χ3n) is 4.66. The molecule has 10 nitrogen and oxygen atoms in total. The Morgan fingerprint density at radius 3 is 2.74 bits per heavy atom. The van der Waals surface area contributed by atoms with Crippen LogP contribution >= 0.6 is 11.3 Å². The average Bonchev–Trinajstić information content (AvgIpc) is 3.18. The van der Waals surface area contributed by atoms with Crippen molar-refractivity contribution in [2.45, 2.75) is 46.3 Å². The largest absolute Gasteiger partial charge is 0.481 e. The van der Waals surface area contributed by atoms with Crippen molar-refractivity contribution < 1.29 is 23.8 Å². The fraction of sp³-hybridized carbons (Fsp3) is 0.455. The van der Waals surface area contributed by atoms with Crippen molar-refractivity contribution in [3.05, 3.63) is 41.2 Å². The quantitative estimate of drug-likeness (QED) is 0.461. The summed E-state index contributed by atoms with van der Waals surface area (Å²) in [5, 5.41) is 13.0. The Labute approximate surface area is 200 Å². The molecule has 3 aromatic heterocycles. The number of carboxylic acid groups (broad SMARTS) is 1. The molecule has 2 N–H and O–H groups in total. The molecule has 12 heteroatoms. The molecule has 0 bridgehead atoms. The number of thiazole rings is 1. The Balaban J connectivity index is 1.73. The van der Waals surface area contributed by atoms with Gasteiger partial charge in [0.1, 0.15) is 28.1 Å². The summed E-state index contributed by atoms with van der Waals surface area (Å²) >= 11 is 1.34. The van der Waals surface area contributed by atoms with Crippen LogP contribution in [-0.2, 0) is 22.5 Å². The SMILES string of the molecule is C[C@@H](CN(CCc1nc2c(NCc3ncccc3F)ncnc2s1)C(=O)OC(C)(C)C)C(=O)O. The molecule has 0 spiro atoms. The molecule has 0 saturated heterocycles.